The fourth-order valence-corrected chi connectivity index (χ4v) is 1.85. The molecule has 0 unspecified atom stereocenters. The van der Waals surface area contributed by atoms with Gasteiger partial charge in [-0.15, -0.1) is 0 Å². The van der Waals surface area contributed by atoms with Gasteiger partial charge in [-0.1, -0.05) is 0 Å². The Morgan fingerprint density at radius 3 is 2.76 bits per heavy atom. The Hall–Kier alpha value is -2.90. The van der Waals surface area contributed by atoms with E-state index in [1.54, 1.807) is 18.2 Å². The van der Waals surface area contributed by atoms with Crippen molar-refractivity contribution in [1.82, 2.24) is 9.78 Å². The van der Waals surface area contributed by atoms with E-state index in [1.165, 1.54) is 25.1 Å². The molecule has 0 amide bonds. The third kappa shape index (κ3) is 3.16. The molecule has 2 rings (SSSR count). The van der Waals surface area contributed by atoms with E-state index in [0.29, 0.717) is 16.9 Å². The molecule has 2 aromatic rings. The first-order chi connectivity index (χ1) is 10.0. The molecule has 21 heavy (non-hydrogen) atoms. The molecule has 0 bridgehead atoms. The monoisotopic (exact) mass is 291 g/mol. The molecule has 0 spiro atoms. The highest BCUT2D eigenvalue weighted by molar-refractivity contribution is 5.89. The van der Waals surface area contributed by atoms with Crippen molar-refractivity contribution in [2.75, 3.05) is 14.2 Å². The fraction of sp³-hybridized carbons (Fsp3) is 0.231. The van der Waals surface area contributed by atoms with E-state index in [0.717, 1.165) is 6.20 Å². The van der Waals surface area contributed by atoms with Crippen LogP contribution >= 0.6 is 0 Å². The molecular formula is C13H13N3O5. The summed E-state index contributed by atoms with van der Waals surface area (Å²) in [6, 6.07) is 4.83. The number of aromatic nitrogens is 2. The molecule has 1 aromatic carbocycles. The number of esters is 1. The lowest BCUT2D eigenvalue weighted by Crippen LogP contribution is -2.06. The average molecular weight is 291 g/mol. The Kier molecular flexibility index (Phi) is 4.17. The molecule has 1 aromatic heterocycles. The molecule has 0 radical (unpaired) electrons. The van der Waals surface area contributed by atoms with Gasteiger partial charge in [0.1, 0.15) is 18.1 Å². The van der Waals surface area contributed by atoms with E-state index in [4.69, 9.17) is 4.74 Å². The zero-order chi connectivity index (χ0) is 15.4. The quantitative estimate of drug-likeness (QED) is 0.472. The summed E-state index contributed by atoms with van der Waals surface area (Å²) in [6.07, 6.45) is 2.47. The number of hydrogen-bond acceptors (Lipinski definition) is 6. The van der Waals surface area contributed by atoms with Gasteiger partial charge in [0.2, 0.25) is 0 Å². The lowest BCUT2D eigenvalue weighted by molar-refractivity contribution is -0.385. The van der Waals surface area contributed by atoms with Crippen LogP contribution in [0, 0.1) is 10.1 Å². The number of ether oxygens (including phenoxy) is 2. The number of hydrogen-bond donors (Lipinski definition) is 0. The third-order valence-electron chi connectivity index (χ3n) is 2.86. The maximum absolute atomic E-state index is 11.5. The fourth-order valence-electron chi connectivity index (χ4n) is 1.85. The number of methoxy groups -OCH3 is 2. The molecule has 8 nitrogen and oxygen atoms in total. The van der Waals surface area contributed by atoms with Gasteiger partial charge in [-0.25, -0.2) is 4.79 Å². The Morgan fingerprint density at radius 2 is 2.19 bits per heavy atom. The first-order valence-corrected chi connectivity index (χ1v) is 5.97. The second kappa shape index (κ2) is 6.04. The van der Waals surface area contributed by atoms with Crippen LogP contribution in [-0.4, -0.2) is 34.9 Å². The van der Waals surface area contributed by atoms with E-state index < -0.39 is 10.9 Å². The van der Waals surface area contributed by atoms with Gasteiger partial charge in [0.15, 0.2) is 0 Å². The Morgan fingerprint density at radius 1 is 1.43 bits per heavy atom. The molecule has 0 aliphatic rings. The van der Waals surface area contributed by atoms with Crippen molar-refractivity contribution in [3.63, 3.8) is 0 Å². The molecule has 1 heterocycles. The van der Waals surface area contributed by atoms with E-state index in [9.17, 15) is 14.9 Å². The number of carbonyl (C=O) groups is 1. The van der Waals surface area contributed by atoms with Gasteiger partial charge >= 0.3 is 11.7 Å². The molecule has 0 atom stereocenters. The van der Waals surface area contributed by atoms with Gasteiger partial charge in [-0.3, -0.25) is 14.8 Å². The molecule has 0 saturated carbocycles. The third-order valence-corrected chi connectivity index (χ3v) is 2.86. The minimum Gasteiger partial charge on any atom is -0.496 e. The van der Waals surface area contributed by atoms with Crippen molar-refractivity contribution in [2.24, 2.45) is 0 Å². The summed E-state index contributed by atoms with van der Waals surface area (Å²) >= 11 is 0. The van der Waals surface area contributed by atoms with Gasteiger partial charge in [-0.2, -0.15) is 5.10 Å². The lowest BCUT2D eigenvalue weighted by Gasteiger charge is -2.10. The van der Waals surface area contributed by atoms with Crippen molar-refractivity contribution >= 4 is 11.7 Å². The normalized spacial score (nSPS) is 10.2. The van der Waals surface area contributed by atoms with Crippen LogP contribution in [-0.2, 0) is 11.3 Å². The SMILES string of the molecule is COC(=O)c1ccc(OC)c(Cn2cc([N+](=O)[O-])cn2)c1. The first kappa shape index (κ1) is 14.5. The van der Waals surface area contributed by atoms with Gasteiger partial charge in [0.25, 0.3) is 0 Å². The summed E-state index contributed by atoms with van der Waals surface area (Å²) in [7, 11) is 2.80. The van der Waals surface area contributed by atoms with Crippen molar-refractivity contribution < 1.29 is 19.2 Å². The van der Waals surface area contributed by atoms with Gasteiger partial charge in [-0.05, 0) is 18.2 Å². The van der Waals surface area contributed by atoms with Crippen LogP contribution in [0.1, 0.15) is 15.9 Å². The van der Waals surface area contributed by atoms with Crippen molar-refractivity contribution in [3.05, 3.63) is 51.8 Å². The smallest absolute Gasteiger partial charge is 0.337 e. The number of nitro groups is 1. The topological polar surface area (TPSA) is 96.5 Å². The van der Waals surface area contributed by atoms with Crippen LogP contribution in [0.5, 0.6) is 5.75 Å². The summed E-state index contributed by atoms with van der Waals surface area (Å²) in [4.78, 5) is 21.7. The standard InChI is InChI=1S/C13H13N3O5/c1-20-12-4-3-9(13(17)21-2)5-10(12)7-15-8-11(6-14-15)16(18)19/h3-6,8H,7H2,1-2H3. The zero-order valence-corrected chi connectivity index (χ0v) is 11.5. The molecule has 8 heteroatoms. The lowest BCUT2D eigenvalue weighted by atomic mass is 10.1. The summed E-state index contributed by atoms with van der Waals surface area (Å²) in [6.45, 7) is 0.238. The Balaban J connectivity index is 2.32. The van der Waals surface area contributed by atoms with Crippen molar-refractivity contribution in [3.8, 4) is 5.75 Å². The minimum atomic E-state index is -0.522. The summed E-state index contributed by atoms with van der Waals surface area (Å²) in [5, 5.41) is 14.5. The predicted octanol–water partition coefficient (Wildman–Crippen LogP) is 1.63. The first-order valence-electron chi connectivity index (χ1n) is 5.97. The predicted molar refractivity (Wildman–Crippen MR) is 72.3 cm³/mol. The van der Waals surface area contributed by atoms with Gasteiger partial charge < -0.3 is 9.47 Å². The molecular weight excluding hydrogens is 278 g/mol. The van der Waals surface area contributed by atoms with Crippen LogP contribution in [0.4, 0.5) is 5.69 Å². The van der Waals surface area contributed by atoms with Crippen LogP contribution in [0.3, 0.4) is 0 Å². The van der Waals surface area contributed by atoms with Gasteiger partial charge in [0, 0.05) is 5.56 Å². The molecule has 0 aliphatic heterocycles. The largest absolute Gasteiger partial charge is 0.496 e. The van der Waals surface area contributed by atoms with E-state index in [-0.39, 0.29) is 12.2 Å². The van der Waals surface area contributed by atoms with E-state index in [2.05, 4.69) is 9.84 Å². The highest BCUT2D eigenvalue weighted by atomic mass is 16.6. The second-order valence-corrected chi connectivity index (χ2v) is 4.17. The summed E-state index contributed by atoms with van der Waals surface area (Å²) < 4.78 is 11.3. The zero-order valence-electron chi connectivity index (χ0n) is 11.5. The van der Waals surface area contributed by atoms with Crippen LogP contribution < -0.4 is 4.74 Å². The Bertz CT molecular complexity index is 680. The number of rotatable bonds is 5. The average Bonchev–Trinajstić information content (AvgIpc) is 2.95. The number of carbonyl (C=O) groups excluding carboxylic acids is 1. The molecule has 0 saturated heterocycles. The summed E-state index contributed by atoms with van der Waals surface area (Å²) in [5.41, 5.74) is 0.937. The molecule has 110 valence electrons. The maximum Gasteiger partial charge on any atom is 0.337 e. The van der Waals surface area contributed by atoms with Crippen LogP contribution in [0.15, 0.2) is 30.6 Å². The maximum atomic E-state index is 11.5. The van der Waals surface area contributed by atoms with E-state index >= 15 is 0 Å². The molecule has 0 fully saturated rings. The molecule has 0 N–H and O–H groups in total. The Labute approximate surface area is 120 Å². The minimum absolute atomic E-state index is 0.0990. The number of nitrogens with zero attached hydrogens (tertiary/aromatic N) is 3. The van der Waals surface area contributed by atoms with Crippen molar-refractivity contribution in [1.29, 1.82) is 0 Å². The molecule has 0 aliphatic carbocycles. The van der Waals surface area contributed by atoms with Crippen LogP contribution in [0.2, 0.25) is 0 Å². The highest BCUT2D eigenvalue weighted by Gasteiger charge is 2.13. The highest BCUT2D eigenvalue weighted by Crippen LogP contribution is 2.22. The van der Waals surface area contributed by atoms with Gasteiger partial charge in [0.05, 0.1) is 31.3 Å². The number of benzene rings is 1. The summed E-state index contributed by atoms with van der Waals surface area (Å²) in [5.74, 6) is 0.0890. The van der Waals surface area contributed by atoms with Crippen LogP contribution in [0.25, 0.3) is 0 Å². The second-order valence-electron chi connectivity index (χ2n) is 4.17. The van der Waals surface area contributed by atoms with Crippen molar-refractivity contribution in [2.45, 2.75) is 6.54 Å². The van der Waals surface area contributed by atoms with E-state index in [1.807, 2.05) is 0 Å².